The van der Waals surface area contributed by atoms with Gasteiger partial charge < -0.3 is 55.9 Å². The number of likely N-dealkylation sites (tertiary alicyclic amines) is 1. The average molecular weight is 1400 g/mol. The molecular formula is C75H100N10O14S. The molecule has 2 aliphatic carbocycles. The maximum Gasteiger partial charge on any atom is 0.410 e. The molecule has 4 aromatic carbocycles. The lowest BCUT2D eigenvalue weighted by molar-refractivity contribution is -0.146. The van der Waals surface area contributed by atoms with Crippen molar-refractivity contribution in [3.05, 3.63) is 136 Å². The Labute approximate surface area is 591 Å². The number of benzene rings is 4. The van der Waals surface area contributed by atoms with E-state index < -0.39 is 129 Å². The molecule has 8 rings (SSSR count). The number of nitrogens with zero attached hydrogens (tertiary/aromatic N) is 4. The second-order valence-electron chi connectivity index (χ2n) is 30.2. The molecule has 6 N–H and O–H groups in total. The van der Waals surface area contributed by atoms with Crippen LogP contribution in [0, 0.1) is 5.41 Å². The smallest absolute Gasteiger partial charge is 0.410 e. The minimum Gasteiger partial charge on any atom is -0.468 e. The van der Waals surface area contributed by atoms with Gasteiger partial charge in [-0.3, -0.25) is 53.0 Å². The Hall–Kier alpha value is -9.00. The molecule has 2 unspecified atom stereocenters. The number of thioether (sulfide) groups is 1. The summed E-state index contributed by atoms with van der Waals surface area (Å²) in [6.07, 6.45) is 3.32. The molecule has 1 saturated heterocycles. The topological polar surface area (TPSA) is 301 Å². The lowest BCUT2D eigenvalue weighted by Crippen LogP contribution is -2.64. The Kier molecular flexibility index (Phi) is 24.3. The van der Waals surface area contributed by atoms with E-state index in [1.165, 1.54) is 69.1 Å². The summed E-state index contributed by atoms with van der Waals surface area (Å²) in [5.41, 5.74) is 3.65. The van der Waals surface area contributed by atoms with Crippen molar-refractivity contribution in [1.82, 2.24) is 46.2 Å². The molecule has 0 spiro atoms. The highest BCUT2D eigenvalue weighted by Gasteiger charge is 2.49. The van der Waals surface area contributed by atoms with Crippen LogP contribution in [0.15, 0.2) is 91.0 Å². The summed E-state index contributed by atoms with van der Waals surface area (Å²) in [7, 11) is 4.08. The first kappa shape index (κ1) is 76.7. The van der Waals surface area contributed by atoms with Gasteiger partial charge in [0, 0.05) is 61.2 Å². The second-order valence-corrected chi connectivity index (χ2v) is 31.8. The predicted molar refractivity (Wildman–Crippen MR) is 380 cm³/mol. The number of fused-ring (bicyclic) bond motifs is 3. The number of methoxy groups -OCH3 is 1. The molecule has 0 bridgehead atoms. The Bertz CT molecular complexity index is 3750. The summed E-state index contributed by atoms with van der Waals surface area (Å²) < 4.78 is 14.8. The van der Waals surface area contributed by atoms with Gasteiger partial charge in [0.05, 0.1) is 24.9 Å². The monoisotopic (exact) mass is 1400 g/mol. The van der Waals surface area contributed by atoms with Crippen molar-refractivity contribution >= 4 is 82.9 Å². The fourth-order valence-electron chi connectivity index (χ4n) is 12.9. The molecule has 9 atom stereocenters. The summed E-state index contributed by atoms with van der Waals surface area (Å²) >= 11 is 1.07. The summed E-state index contributed by atoms with van der Waals surface area (Å²) in [5, 5.41) is 18.2. The minimum absolute atomic E-state index is 0.0382. The standard InChI is InChI=1S/C75H100N10O14S/c1-43(82(14)70(95)98-73(6,7)8)62(87)80-60(72(3,4)5)68(93)85-41-52(39-58(85)67(92)79-56-30-22-26-46-24-18-20-28-54(46)56)77-65(90)48-33-31-47(32-34-48)64(89)76-51-36-35-49-38-57(66(91)78-55-29-21-25-45-23-17-19-27-53(45)55)84(40-50(49)37-51)69(94)61(75(12,13)100-42-59(86)97-16)81-63(88)44(2)83(15)71(96)99-74(9,10)11/h17-20,23-24,27-28,31-37,43-44,52,55-58,60-61H,21-22,25-26,29-30,38-42H2,1-16H3,(H,76,89)(H,77,90)(H,78,91)(H,79,92)(H,80,87)(H,81,88)/t43-,44?,52-,55+,56+,57-,58-,60+,61?/m0/s1. The van der Waals surface area contributed by atoms with E-state index in [0.717, 1.165) is 75.1 Å². The van der Waals surface area contributed by atoms with E-state index >= 15 is 9.59 Å². The molecule has 10 amide bonds. The number of amides is 10. The Balaban J connectivity index is 1.01. The first-order chi connectivity index (χ1) is 46.8. The van der Waals surface area contributed by atoms with E-state index in [1.54, 1.807) is 94.4 Å². The van der Waals surface area contributed by atoms with E-state index in [-0.39, 0.29) is 54.9 Å². The largest absolute Gasteiger partial charge is 0.468 e. The number of anilines is 1. The normalized spacial score (nSPS) is 19.4. The van der Waals surface area contributed by atoms with Crippen LogP contribution in [0.2, 0.25) is 0 Å². The molecule has 4 aliphatic rings. The van der Waals surface area contributed by atoms with Crippen LogP contribution < -0.4 is 31.9 Å². The third-order valence-electron chi connectivity index (χ3n) is 18.9. The van der Waals surface area contributed by atoms with Crippen LogP contribution in [-0.2, 0) is 73.6 Å². The van der Waals surface area contributed by atoms with Gasteiger partial charge in [-0.15, -0.1) is 11.8 Å². The number of ether oxygens (including phenoxy) is 3. The van der Waals surface area contributed by atoms with E-state index in [2.05, 4.69) is 31.9 Å². The van der Waals surface area contributed by atoms with Gasteiger partial charge in [-0.2, -0.15) is 0 Å². The number of rotatable bonds is 20. The molecule has 2 heterocycles. The van der Waals surface area contributed by atoms with E-state index in [9.17, 15) is 43.2 Å². The molecule has 24 nitrogen and oxygen atoms in total. The van der Waals surface area contributed by atoms with Crippen molar-refractivity contribution in [1.29, 1.82) is 0 Å². The number of carbonyl (C=O) groups excluding carboxylic acids is 11. The number of nitrogens with one attached hydrogen (secondary N) is 6. The molecule has 0 radical (unpaired) electrons. The van der Waals surface area contributed by atoms with Crippen LogP contribution in [0.5, 0.6) is 0 Å². The summed E-state index contributed by atoms with van der Waals surface area (Å²) in [5.74, 6) is -5.19. The Morgan fingerprint density at radius 1 is 0.570 bits per heavy atom. The maximum absolute atomic E-state index is 15.6. The van der Waals surface area contributed by atoms with Gasteiger partial charge in [0.25, 0.3) is 11.8 Å². The molecule has 100 heavy (non-hydrogen) atoms. The highest BCUT2D eigenvalue weighted by atomic mass is 32.2. The number of esters is 1. The molecule has 1 fully saturated rings. The van der Waals surface area contributed by atoms with Crippen molar-refractivity contribution in [2.75, 3.05) is 38.8 Å². The molecule has 2 aliphatic heterocycles. The lowest BCUT2D eigenvalue weighted by atomic mass is 9.85. The molecular weight excluding hydrogens is 1300 g/mol. The lowest BCUT2D eigenvalue weighted by Gasteiger charge is -2.42. The van der Waals surface area contributed by atoms with E-state index in [1.807, 2.05) is 48.5 Å². The molecule has 0 aromatic heterocycles. The number of carbonyl (C=O) groups is 11. The molecule has 4 aromatic rings. The van der Waals surface area contributed by atoms with Gasteiger partial charge in [0.15, 0.2) is 0 Å². The first-order valence-corrected chi connectivity index (χ1v) is 35.3. The van der Waals surface area contributed by atoms with Crippen molar-refractivity contribution < 1.29 is 67.0 Å². The molecule has 0 saturated carbocycles. The zero-order valence-corrected chi connectivity index (χ0v) is 61.4. The average Bonchev–Trinajstić information content (AvgIpc) is 1.58. The van der Waals surface area contributed by atoms with E-state index in [0.29, 0.717) is 24.1 Å². The number of likely N-dealkylation sites (N-methyl/N-ethyl adjacent to an activating group) is 2. The van der Waals surface area contributed by atoms with Crippen molar-refractivity contribution in [3.63, 3.8) is 0 Å². The van der Waals surface area contributed by atoms with Crippen LogP contribution in [-0.4, -0.2) is 177 Å². The van der Waals surface area contributed by atoms with E-state index in [4.69, 9.17) is 14.2 Å². The van der Waals surface area contributed by atoms with Crippen molar-refractivity contribution in [2.24, 2.45) is 5.41 Å². The van der Waals surface area contributed by atoms with Gasteiger partial charge in [-0.25, -0.2) is 9.59 Å². The van der Waals surface area contributed by atoms with Gasteiger partial charge in [0.1, 0.15) is 47.5 Å². The van der Waals surface area contributed by atoms with Crippen LogP contribution in [0.3, 0.4) is 0 Å². The Morgan fingerprint density at radius 2 is 1.05 bits per heavy atom. The summed E-state index contributed by atoms with van der Waals surface area (Å²) in [6.45, 7) is 21.7. The zero-order valence-electron chi connectivity index (χ0n) is 60.5. The van der Waals surface area contributed by atoms with Gasteiger partial charge in [-0.1, -0.05) is 75.4 Å². The minimum atomic E-state index is -1.39. The van der Waals surface area contributed by atoms with Crippen LogP contribution in [0.1, 0.15) is 188 Å². The third-order valence-corrected chi connectivity index (χ3v) is 20.2. The first-order valence-electron chi connectivity index (χ1n) is 34.3. The summed E-state index contributed by atoms with van der Waals surface area (Å²) in [6, 6.07) is 18.6. The van der Waals surface area contributed by atoms with Crippen LogP contribution in [0.25, 0.3) is 0 Å². The zero-order chi connectivity index (χ0) is 73.5. The SMILES string of the molecule is COC(=O)CSC(C)(C)C(NC(=O)C(C)N(C)C(=O)OC(C)(C)C)C(=O)N1Cc2cc(NC(=O)c3ccc(C(=O)N[C@H]4C[C@@H](C(=O)N[C@@H]5CCCc6ccccc65)N(C(=O)[C@@H](NC(=O)[C@H](C)N(C)C(=O)OC(C)(C)C)C(C)(C)C)C4)cc3)ccc2C[C@H]1C(=O)N[C@@H]1CCCc2ccccc21. The molecule has 25 heteroatoms. The fraction of sp³-hybridized carbons (Fsp3) is 0.533. The van der Waals surface area contributed by atoms with Crippen LogP contribution >= 0.6 is 11.8 Å². The predicted octanol–water partition coefficient (Wildman–Crippen LogP) is 8.49. The Morgan fingerprint density at radius 3 is 1.55 bits per heavy atom. The van der Waals surface area contributed by atoms with Crippen molar-refractivity contribution in [2.45, 2.75) is 218 Å². The third kappa shape index (κ3) is 19.1. The number of hydrogen-bond donors (Lipinski definition) is 6. The van der Waals surface area contributed by atoms with Gasteiger partial charge in [0.2, 0.25) is 35.4 Å². The second kappa shape index (κ2) is 31.7. The number of aryl methyl sites for hydroxylation is 2. The fourth-order valence-corrected chi connectivity index (χ4v) is 13.8. The maximum atomic E-state index is 15.6. The highest BCUT2D eigenvalue weighted by Crippen LogP contribution is 2.37. The van der Waals surface area contributed by atoms with Gasteiger partial charge >= 0.3 is 18.2 Å². The number of hydrogen-bond acceptors (Lipinski definition) is 15. The summed E-state index contributed by atoms with van der Waals surface area (Å²) in [4.78, 5) is 161. The quantitative estimate of drug-likeness (QED) is 0.0357. The van der Waals surface area contributed by atoms with Crippen molar-refractivity contribution in [3.8, 4) is 0 Å². The van der Waals surface area contributed by atoms with Crippen LogP contribution in [0.4, 0.5) is 15.3 Å². The van der Waals surface area contributed by atoms with Gasteiger partial charge in [-0.05, 0) is 189 Å². The highest BCUT2D eigenvalue weighted by molar-refractivity contribution is 8.01. The molecule has 540 valence electrons.